The summed E-state index contributed by atoms with van der Waals surface area (Å²) in [6, 6.07) is 19.9. The van der Waals surface area contributed by atoms with Gasteiger partial charge in [0.1, 0.15) is 11.4 Å². The van der Waals surface area contributed by atoms with Crippen molar-refractivity contribution in [3.63, 3.8) is 0 Å². The fourth-order valence-electron chi connectivity index (χ4n) is 2.28. The molecule has 1 amide bonds. The van der Waals surface area contributed by atoms with Crippen LogP contribution in [0, 0.1) is 11.8 Å². The monoisotopic (exact) mass is 376 g/mol. The van der Waals surface area contributed by atoms with Gasteiger partial charge in [0.2, 0.25) is 0 Å². The molecule has 0 aliphatic rings. The Hall–Kier alpha value is -3.29. The number of halogens is 1. The zero-order chi connectivity index (χ0) is 19.1. The topological polar surface area (TPSA) is 51.2 Å². The molecule has 5 heteroatoms. The van der Waals surface area contributed by atoms with Crippen LogP contribution >= 0.6 is 11.6 Å². The van der Waals surface area contributed by atoms with Gasteiger partial charge in [-0.1, -0.05) is 41.8 Å². The molecule has 0 spiro atoms. The summed E-state index contributed by atoms with van der Waals surface area (Å²) in [7, 11) is 0. The number of anilines is 1. The van der Waals surface area contributed by atoms with Gasteiger partial charge in [0.25, 0.3) is 5.91 Å². The highest BCUT2D eigenvalue weighted by atomic mass is 35.5. The predicted octanol–water partition coefficient (Wildman–Crippen LogP) is 4.54. The van der Waals surface area contributed by atoms with Crippen molar-refractivity contribution >= 4 is 23.2 Å². The predicted molar refractivity (Wildman–Crippen MR) is 107 cm³/mol. The third-order valence-corrected chi connectivity index (χ3v) is 3.95. The summed E-state index contributed by atoms with van der Waals surface area (Å²) in [6.45, 7) is 1.67. The number of nitrogens with one attached hydrogen (secondary N) is 1. The number of hydrogen-bond acceptors (Lipinski definition) is 3. The van der Waals surface area contributed by atoms with Crippen molar-refractivity contribution in [2.75, 3.05) is 5.32 Å². The number of aromatic nitrogens is 1. The number of hydrogen-bond donors (Lipinski definition) is 1. The van der Waals surface area contributed by atoms with Crippen molar-refractivity contribution in [3.05, 3.63) is 89.2 Å². The lowest BCUT2D eigenvalue weighted by Gasteiger charge is -2.15. The lowest BCUT2D eigenvalue weighted by atomic mass is 10.2. The summed E-state index contributed by atoms with van der Waals surface area (Å²) in [6.07, 6.45) is 0.995. The van der Waals surface area contributed by atoms with E-state index in [1.807, 2.05) is 30.3 Å². The molecular formula is C22H17ClN2O2. The molecule has 1 aromatic heterocycles. The standard InChI is InChI=1S/C22H17ClN2O2/c1-16(27-21-11-3-2-10-20(21)23)22(26)25-19-9-6-7-17(15-19)12-13-18-8-4-5-14-24-18/h2-11,14-16H,1H3,(H,25,26). The van der Waals surface area contributed by atoms with Crippen molar-refractivity contribution in [3.8, 4) is 17.6 Å². The van der Waals surface area contributed by atoms with Crippen LogP contribution in [0.1, 0.15) is 18.2 Å². The zero-order valence-electron chi connectivity index (χ0n) is 14.6. The average molecular weight is 377 g/mol. The first-order valence-corrected chi connectivity index (χ1v) is 8.75. The van der Waals surface area contributed by atoms with Gasteiger partial charge in [0.05, 0.1) is 5.02 Å². The fraction of sp³-hybridized carbons (Fsp3) is 0.0909. The van der Waals surface area contributed by atoms with Crippen LogP contribution in [-0.2, 0) is 4.79 Å². The lowest BCUT2D eigenvalue weighted by Crippen LogP contribution is -2.30. The minimum Gasteiger partial charge on any atom is -0.479 e. The van der Waals surface area contributed by atoms with Crippen molar-refractivity contribution in [2.45, 2.75) is 13.0 Å². The minimum absolute atomic E-state index is 0.273. The average Bonchev–Trinajstić information content (AvgIpc) is 2.69. The minimum atomic E-state index is -0.701. The first kappa shape index (κ1) is 18.5. The molecule has 3 rings (SSSR count). The van der Waals surface area contributed by atoms with Gasteiger partial charge in [-0.2, -0.15) is 0 Å². The number of rotatable bonds is 4. The van der Waals surface area contributed by atoms with E-state index in [1.54, 1.807) is 49.5 Å². The molecule has 134 valence electrons. The van der Waals surface area contributed by atoms with Crippen LogP contribution in [0.4, 0.5) is 5.69 Å². The molecule has 27 heavy (non-hydrogen) atoms. The normalized spacial score (nSPS) is 11.0. The van der Waals surface area contributed by atoms with E-state index in [2.05, 4.69) is 22.1 Å². The molecular weight excluding hydrogens is 360 g/mol. The Kier molecular flexibility index (Phi) is 6.09. The SMILES string of the molecule is CC(Oc1ccccc1Cl)C(=O)Nc1cccc(C#Cc2ccccn2)c1. The van der Waals surface area contributed by atoms with Crippen molar-refractivity contribution in [1.29, 1.82) is 0 Å². The Morgan fingerprint density at radius 3 is 2.67 bits per heavy atom. The van der Waals surface area contributed by atoms with Crippen LogP contribution in [0.2, 0.25) is 5.02 Å². The summed E-state index contributed by atoms with van der Waals surface area (Å²) in [5.41, 5.74) is 2.11. The Morgan fingerprint density at radius 2 is 1.89 bits per heavy atom. The van der Waals surface area contributed by atoms with Crippen LogP contribution in [0.5, 0.6) is 5.75 Å². The third-order valence-electron chi connectivity index (χ3n) is 3.64. The Bertz CT molecular complexity index is 994. The number of carbonyl (C=O) groups is 1. The van der Waals surface area contributed by atoms with E-state index in [9.17, 15) is 4.79 Å². The van der Waals surface area contributed by atoms with Gasteiger partial charge >= 0.3 is 0 Å². The van der Waals surface area contributed by atoms with E-state index in [4.69, 9.17) is 16.3 Å². The van der Waals surface area contributed by atoms with Gasteiger partial charge in [-0.25, -0.2) is 4.98 Å². The Morgan fingerprint density at radius 1 is 1.07 bits per heavy atom. The van der Waals surface area contributed by atoms with Crippen LogP contribution in [0.3, 0.4) is 0 Å². The van der Waals surface area contributed by atoms with Gasteiger partial charge in [0.15, 0.2) is 6.10 Å². The molecule has 1 N–H and O–H groups in total. The second-order valence-electron chi connectivity index (χ2n) is 5.73. The molecule has 4 nitrogen and oxygen atoms in total. The second kappa shape index (κ2) is 8.88. The van der Waals surface area contributed by atoms with Crippen molar-refractivity contribution < 1.29 is 9.53 Å². The molecule has 1 atom stereocenters. The molecule has 1 heterocycles. The van der Waals surface area contributed by atoms with Gasteiger partial charge in [-0.15, -0.1) is 0 Å². The maximum Gasteiger partial charge on any atom is 0.265 e. The first-order chi connectivity index (χ1) is 13.1. The van der Waals surface area contributed by atoms with Crippen molar-refractivity contribution in [1.82, 2.24) is 4.98 Å². The fourth-order valence-corrected chi connectivity index (χ4v) is 2.46. The summed E-state index contributed by atoms with van der Waals surface area (Å²) in [5, 5.41) is 3.29. The maximum atomic E-state index is 12.4. The van der Waals surface area contributed by atoms with Gasteiger partial charge in [-0.05, 0) is 55.3 Å². The molecule has 3 aromatic rings. The van der Waals surface area contributed by atoms with Crippen LogP contribution in [0.25, 0.3) is 0 Å². The summed E-state index contributed by atoms with van der Waals surface area (Å²) in [5.74, 6) is 6.22. The highest BCUT2D eigenvalue weighted by Crippen LogP contribution is 2.24. The number of pyridine rings is 1. The molecule has 0 aliphatic carbocycles. The highest BCUT2D eigenvalue weighted by molar-refractivity contribution is 6.32. The van der Waals surface area contributed by atoms with E-state index in [-0.39, 0.29) is 5.91 Å². The summed E-state index contributed by atoms with van der Waals surface area (Å²) in [4.78, 5) is 16.6. The third kappa shape index (κ3) is 5.34. The Labute approximate surface area is 163 Å². The van der Waals surface area contributed by atoms with E-state index in [0.29, 0.717) is 22.2 Å². The molecule has 2 aromatic carbocycles. The smallest absolute Gasteiger partial charge is 0.265 e. The van der Waals surface area contributed by atoms with Gasteiger partial charge < -0.3 is 10.1 Å². The molecule has 0 saturated heterocycles. The van der Waals surface area contributed by atoms with Crippen LogP contribution in [-0.4, -0.2) is 17.0 Å². The zero-order valence-corrected chi connectivity index (χ0v) is 15.4. The molecule has 0 aliphatic heterocycles. The van der Waals surface area contributed by atoms with E-state index in [0.717, 1.165) is 5.56 Å². The Balaban J connectivity index is 1.66. The quantitative estimate of drug-likeness (QED) is 0.680. The molecule has 1 unspecified atom stereocenters. The van der Waals surface area contributed by atoms with Gasteiger partial charge in [-0.3, -0.25) is 4.79 Å². The van der Waals surface area contributed by atoms with Crippen LogP contribution < -0.4 is 10.1 Å². The lowest BCUT2D eigenvalue weighted by molar-refractivity contribution is -0.122. The largest absolute Gasteiger partial charge is 0.479 e. The summed E-state index contributed by atoms with van der Waals surface area (Å²) >= 11 is 6.06. The number of benzene rings is 2. The number of ether oxygens (including phenoxy) is 1. The number of para-hydroxylation sites is 1. The van der Waals surface area contributed by atoms with E-state index < -0.39 is 6.10 Å². The van der Waals surface area contributed by atoms with Gasteiger partial charge in [0, 0.05) is 17.4 Å². The number of nitrogens with zero attached hydrogens (tertiary/aromatic N) is 1. The maximum absolute atomic E-state index is 12.4. The highest BCUT2D eigenvalue weighted by Gasteiger charge is 2.16. The second-order valence-corrected chi connectivity index (χ2v) is 6.13. The van der Waals surface area contributed by atoms with E-state index in [1.165, 1.54) is 0 Å². The first-order valence-electron chi connectivity index (χ1n) is 8.37. The molecule has 0 radical (unpaired) electrons. The summed E-state index contributed by atoms with van der Waals surface area (Å²) < 4.78 is 5.63. The molecule has 0 saturated carbocycles. The number of carbonyl (C=O) groups excluding carboxylic acids is 1. The molecule has 0 bridgehead atoms. The molecule has 0 fully saturated rings. The van der Waals surface area contributed by atoms with Crippen molar-refractivity contribution in [2.24, 2.45) is 0 Å². The van der Waals surface area contributed by atoms with E-state index >= 15 is 0 Å². The van der Waals surface area contributed by atoms with Crippen LogP contribution in [0.15, 0.2) is 72.9 Å². The number of amides is 1.